The maximum atomic E-state index is 2.51. The van der Waals surface area contributed by atoms with Crippen molar-refractivity contribution in [2.75, 3.05) is 0 Å². The van der Waals surface area contributed by atoms with Crippen LogP contribution in [0.15, 0.2) is 0 Å². The van der Waals surface area contributed by atoms with E-state index < -0.39 is 0 Å². The number of hydrogen-bond acceptors (Lipinski definition) is 0. The molecule has 2 saturated carbocycles. The smallest absolute Gasteiger partial charge is 0.0321 e. The van der Waals surface area contributed by atoms with Crippen LogP contribution < -0.4 is 0 Å². The highest BCUT2D eigenvalue weighted by atomic mass is 14.5. The van der Waals surface area contributed by atoms with E-state index in [1.54, 1.807) is 0 Å². The molecule has 2 aliphatic rings. The van der Waals surface area contributed by atoms with Gasteiger partial charge in [-0.25, -0.2) is 0 Å². The molecule has 94 valence electrons. The van der Waals surface area contributed by atoms with Gasteiger partial charge in [-0.15, -0.1) is 0 Å². The molecule has 0 nitrogen and oxygen atoms in total. The van der Waals surface area contributed by atoms with Crippen LogP contribution in [-0.2, 0) is 0 Å². The first-order valence-electron chi connectivity index (χ1n) is 7.21. The van der Waals surface area contributed by atoms with Gasteiger partial charge in [-0.3, -0.25) is 0 Å². The maximum absolute atomic E-state index is 2.51. The molecular formula is C16H30. The molecule has 2 aliphatic carbocycles. The summed E-state index contributed by atoms with van der Waals surface area (Å²) >= 11 is 0. The van der Waals surface area contributed by atoms with Gasteiger partial charge in [0.1, 0.15) is 0 Å². The number of hydrogen-bond donors (Lipinski definition) is 0. The Kier molecular flexibility index (Phi) is 2.92. The van der Waals surface area contributed by atoms with Crippen molar-refractivity contribution in [1.29, 1.82) is 0 Å². The summed E-state index contributed by atoms with van der Waals surface area (Å²) in [5.74, 6) is 3.88. The molecule has 2 fully saturated rings. The molecule has 0 aliphatic heterocycles. The van der Waals surface area contributed by atoms with E-state index in [1.165, 1.54) is 25.7 Å². The van der Waals surface area contributed by atoms with Crippen molar-refractivity contribution in [3.63, 3.8) is 0 Å². The van der Waals surface area contributed by atoms with E-state index in [0.717, 1.165) is 23.7 Å². The molecule has 2 rings (SSSR count). The lowest BCUT2D eigenvalue weighted by Crippen LogP contribution is -2.27. The zero-order valence-electron chi connectivity index (χ0n) is 12.1. The van der Waals surface area contributed by atoms with E-state index >= 15 is 0 Å². The van der Waals surface area contributed by atoms with Gasteiger partial charge in [-0.05, 0) is 60.2 Å². The third-order valence-corrected chi connectivity index (χ3v) is 5.45. The Morgan fingerprint density at radius 3 is 1.88 bits per heavy atom. The highest BCUT2D eigenvalue weighted by Crippen LogP contribution is 2.57. The Balaban J connectivity index is 2.14. The molecule has 16 heavy (non-hydrogen) atoms. The summed E-state index contributed by atoms with van der Waals surface area (Å²) in [5.41, 5.74) is 1.20. The average Bonchev–Trinajstić information content (AvgIpc) is 2.47. The lowest BCUT2D eigenvalue weighted by Gasteiger charge is -2.34. The van der Waals surface area contributed by atoms with Crippen molar-refractivity contribution in [2.45, 2.75) is 67.2 Å². The molecular weight excluding hydrogens is 192 g/mol. The van der Waals surface area contributed by atoms with E-state index in [4.69, 9.17) is 0 Å². The van der Waals surface area contributed by atoms with Crippen LogP contribution in [0, 0.1) is 34.5 Å². The minimum atomic E-state index is 0.596. The molecule has 4 atom stereocenters. The monoisotopic (exact) mass is 222 g/mol. The lowest BCUT2D eigenvalue weighted by molar-refractivity contribution is 0.146. The van der Waals surface area contributed by atoms with Gasteiger partial charge in [0.25, 0.3) is 0 Å². The van der Waals surface area contributed by atoms with Gasteiger partial charge >= 0.3 is 0 Å². The zero-order chi connectivity index (χ0) is 12.1. The maximum Gasteiger partial charge on any atom is -0.0321 e. The molecule has 0 spiro atoms. The van der Waals surface area contributed by atoms with Crippen LogP contribution in [0.1, 0.15) is 67.2 Å². The van der Waals surface area contributed by atoms with Crippen molar-refractivity contribution in [1.82, 2.24) is 0 Å². The summed E-state index contributed by atoms with van der Waals surface area (Å²) in [6, 6.07) is 0. The van der Waals surface area contributed by atoms with Crippen LogP contribution in [0.25, 0.3) is 0 Å². The predicted molar refractivity (Wildman–Crippen MR) is 71.3 cm³/mol. The van der Waals surface area contributed by atoms with Crippen molar-refractivity contribution in [3.05, 3.63) is 0 Å². The minimum absolute atomic E-state index is 0.596. The van der Waals surface area contributed by atoms with Crippen molar-refractivity contribution >= 4 is 0 Å². The Morgan fingerprint density at radius 1 is 0.875 bits per heavy atom. The van der Waals surface area contributed by atoms with Crippen LogP contribution in [0.2, 0.25) is 0 Å². The van der Waals surface area contributed by atoms with E-state index in [9.17, 15) is 0 Å². The molecule has 0 amide bonds. The normalized spacial score (nSPS) is 46.1. The summed E-state index contributed by atoms with van der Waals surface area (Å²) < 4.78 is 0. The van der Waals surface area contributed by atoms with Gasteiger partial charge in [-0.1, -0.05) is 41.5 Å². The Morgan fingerprint density at radius 2 is 1.50 bits per heavy atom. The Hall–Kier alpha value is 0. The van der Waals surface area contributed by atoms with Crippen LogP contribution in [-0.4, -0.2) is 0 Å². The van der Waals surface area contributed by atoms with Gasteiger partial charge in [-0.2, -0.15) is 0 Å². The Labute approximate surface area is 102 Å². The first kappa shape index (κ1) is 12.5. The van der Waals surface area contributed by atoms with Crippen LogP contribution >= 0.6 is 0 Å². The van der Waals surface area contributed by atoms with Gasteiger partial charge in [0.05, 0.1) is 0 Å². The van der Waals surface area contributed by atoms with Crippen LogP contribution in [0.5, 0.6) is 0 Å². The van der Waals surface area contributed by atoms with Gasteiger partial charge in [0.2, 0.25) is 0 Å². The molecule has 0 aromatic heterocycles. The largest absolute Gasteiger partial charge is 0.0625 e. The highest BCUT2D eigenvalue weighted by Gasteiger charge is 2.48. The van der Waals surface area contributed by atoms with E-state index in [-0.39, 0.29) is 0 Å². The summed E-state index contributed by atoms with van der Waals surface area (Å²) in [6.45, 7) is 14.9. The second-order valence-corrected chi connectivity index (χ2v) is 8.35. The second kappa shape index (κ2) is 3.75. The molecule has 0 heterocycles. The second-order valence-electron chi connectivity index (χ2n) is 8.35. The molecule has 4 unspecified atom stereocenters. The molecule has 0 saturated heterocycles. The SMILES string of the molecule is CC1CC(C2CC(C)(C)CC2C)C(C)(C)C1. The molecule has 0 heteroatoms. The summed E-state index contributed by atoms with van der Waals surface area (Å²) in [5, 5.41) is 0. The molecule has 0 aromatic rings. The predicted octanol–water partition coefficient (Wildman–Crippen LogP) is 5.13. The first-order valence-corrected chi connectivity index (χ1v) is 7.21. The van der Waals surface area contributed by atoms with Gasteiger partial charge < -0.3 is 0 Å². The summed E-state index contributed by atoms with van der Waals surface area (Å²) in [6.07, 6.45) is 5.84. The third-order valence-electron chi connectivity index (χ3n) is 5.45. The standard InChI is InChI=1S/C16H30/c1-11-7-14(16(5,6)8-11)13-10-15(3,4)9-12(13)2/h11-14H,7-10H2,1-6H3. The minimum Gasteiger partial charge on any atom is -0.0625 e. The molecule has 0 aromatic carbocycles. The average molecular weight is 222 g/mol. The molecule has 0 bridgehead atoms. The fourth-order valence-electron chi connectivity index (χ4n) is 5.12. The van der Waals surface area contributed by atoms with Crippen LogP contribution in [0.3, 0.4) is 0 Å². The fourth-order valence-corrected chi connectivity index (χ4v) is 5.12. The highest BCUT2D eigenvalue weighted by molar-refractivity contribution is 4.98. The number of rotatable bonds is 1. The topological polar surface area (TPSA) is 0 Å². The molecule has 0 N–H and O–H groups in total. The van der Waals surface area contributed by atoms with Crippen LogP contribution in [0.4, 0.5) is 0 Å². The third kappa shape index (κ3) is 2.17. The molecule has 0 radical (unpaired) electrons. The Bertz CT molecular complexity index is 261. The van der Waals surface area contributed by atoms with E-state index in [0.29, 0.717) is 10.8 Å². The lowest BCUT2D eigenvalue weighted by atomic mass is 9.71. The van der Waals surface area contributed by atoms with Crippen molar-refractivity contribution < 1.29 is 0 Å². The summed E-state index contributed by atoms with van der Waals surface area (Å²) in [7, 11) is 0. The summed E-state index contributed by atoms with van der Waals surface area (Å²) in [4.78, 5) is 0. The van der Waals surface area contributed by atoms with E-state index in [1.807, 2.05) is 0 Å². The zero-order valence-corrected chi connectivity index (χ0v) is 12.1. The first-order chi connectivity index (χ1) is 7.21. The van der Waals surface area contributed by atoms with Gasteiger partial charge in [0, 0.05) is 0 Å². The quantitative estimate of drug-likeness (QED) is 0.577. The van der Waals surface area contributed by atoms with Crippen molar-refractivity contribution in [2.24, 2.45) is 34.5 Å². The van der Waals surface area contributed by atoms with Crippen molar-refractivity contribution in [3.8, 4) is 0 Å². The fraction of sp³-hybridized carbons (Fsp3) is 1.00. The van der Waals surface area contributed by atoms with E-state index in [2.05, 4.69) is 41.5 Å². The van der Waals surface area contributed by atoms with Gasteiger partial charge in [0.15, 0.2) is 0 Å².